The zero-order chi connectivity index (χ0) is 3.70. The summed E-state index contributed by atoms with van der Waals surface area (Å²) in [4.78, 5) is 0. The van der Waals surface area contributed by atoms with Crippen molar-refractivity contribution in [2.24, 2.45) is 5.92 Å². The van der Waals surface area contributed by atoms with Gasteiger partial charge in [-0.05, 0) is 18.8 Å². The number of halogens is 1. The molecule has 0 bridgehead atoms. The highest BCUT2D eigenvalue weighted by Crippen LogP contribution is 2.26. The molecule has 1 aliphatic rings. The average molecular weight is 73.1 g/mol. The molecule has 0 heterocycles. The Morgan fingerprint density at radius 3 is 2.60 bits per heavy atom. The molecule has 29 valence electrons. The third-order valence-electron chi connectivity index (χ3n) is 0.767. The lowest BCUT2D eigenvalue weighted by Gasteiger charge is -1.69. The van der Waals surface area contributed by atoms with Crippen molar-refractivity contribution >= 4 is 0 Å². The van der Waals surface area contributed by atoms with Crippen molar-refractivity contribution in [3.05, 3.63) is 6.42 Å². The molecule has 1 saturated carbocycles. The van der Waals surface area contributed by atoms with Crippen LogP contribution < -0.4 is 0 Å². The third kappa shape index (κ3) is 0.602. The Morgan fingerprint density at radius 1 is 2.00 bits per heavy atom. The van der Waals surface area contributed by atoms with E-state index < -0.39 is 0 Å². The van der Waals surface area contributed by atoms with Gasteiger partial charge in [-0.3, -0.25) is 4.39 Å². The molecule has 1 fully saturated rings. The minimum atomic E-state index is -0.139. The van der Waals surface area contributed by atoms with Crippen LogP contribution in [0.2, 0.25) is 0 Å². The molecule has 5 heavy (non-hydrogen) atoms. The Kier molecular flexibility index (Phi) is 0.601. The molecule has 1 heteroatoms. The van der Waals surface area contributed by atoms with Crippen LogP contribution in [0, 0.1) is 12.3 Å². The van der Waals surface area contributed by atoms with Gasteiger partial charge in [0.15, 0.2) is 0 Å². The Bertz CT molecular complexity index is 30.6. The number of rotatable bonds is 1. The van der Waals surface area contributed by atoms with Gasteiger partial charge in [-0.1, -0.05) is 0 Å². The fourth-order valence-corrected chi connectivity index (χ4v) is 0.222. The minimum Gasteiger partial charge on any atom is -0.251 e. The van der Waals surface area contributed by atoms with Gasteiger partial charge >= 0.3 is 0 Å². The maximum absolute atomic E-state index is 11.1. The molecule has 0 nitrogen and oxygen atoms in total. The SMILES string of the molecule is FCC1[CH]C1. The molecule has 0 aromatic heterocycles. The van der Waals surface area contributed by atoms with E-state index in [1.165, 1.54) is 0 Å². The van der Waals surface area contributed by atoms with Gasteiger partial charge in [0.25, 0.3) is 0 Å². The molecule has 1 atom stereocenters. The highest BCUT2D eigenvalue weighted by atomic mass is 19.1. The Labute approximate surface area is 31.0 Å². The lowest BCUT2D eigenvalue weighted by Crippen LogP contribution is -1.69. The van der Waals surface area contributed by atoms with Crippen molar-refractivity contribution in [3.63, 3.8) is 0 Å². The van der Waals surface area contributed by atoms with Gasteiger partial charge in [-0.2, -0.15) is 0 Å². The quantitative estimate of drug-likeness (QED) is 0.437. The molecule has 0 spiro atoms. The van der Waals surface area contributed by atoms with Crippen molar-refractivity contribution in [2.45, 2.75) is 6.42 Å². The highest BCUT2D eigenvalue weighted by Gasteiger charge is 2.20. The number of hydrogen-bond acceptors (Lipinski definition) is 0. The molecule has 1 unspecified atom stereocenters. The smallest absolute Gasteiger partial charge is 0.0925 e. The van der Waals surface area contributed by atoms with Gasteiger partial charge < -0.3 is 0 Å². The van der Waals surface area contributed by atoms with E-state index in [2.05, 4.69) is 0 Å². The molecule has 0 amide bonds. The van der Waals surface area contributed by atoms with Gasteiger partial charge in [0.05, 0.1) is 6.67 Å². The van der Waals surface area contributed by atoms with Crippen molar-refractivity contribution < 1.29 is 4.39 Å². The van der Waals surface area contributed by atoms with E-state index in [1.54, 1.807) is 0 Å². The Hall–Kier alpha value is -0.0700. The van der Waals surface area contributed by atoms with Crippen molar-refractivity contribution in [1.29, 1.82) is 0 Å². The second-order valence-electron chi connectivity index (χ2n) is 1.39. The monoisotopic (exact) mass is 73.0 g/mol. The summed E-state index contributed by atoms with van der Waals surface area (Å²) in [6.07, 6.45) is 2.98. The highest BCUT2D eigenvalue weighted by molar-refractivity contribution is 4.93. The van der Waals surface area contributed by atoms with Crippen LogP contribution >= 0.6 is 0 Å². The van der Waals surface area contributed by atoms with Crippen molar-refractivity contribution in [2.75, 3.05) is 6.67 Å². The van der Waals surface area contributed by atoms with Crippen LogP contribution in [0.15, 0.2) is 0 Å². The first-order valence-corrected chi connectivity index (χ1v) is 1.83. The summed E-state index contributed by atoms with van der Waals surface area (Å²) in [5.74, 6) is 0.343. The summed E-state index contributed by atoms with van der Waals surface area (Å²) in [6, 6.07) is 0. The molecular formula is C4H6F. The Balaban J connectivity index is 2.00. The first-order valence-electron chi connectivity index (χ1n) is 1.83. The van der Waals surface area contributed by atoms with Gasteiger partial charge in [-0.15, -0.1) is 0 Å². The van der Waals surface area contributed by atoms with E-state index in [1.807, 2.05) is 6.42 Å². The molecular weight excluding hydrogens is 67.0 g/mol. The van der Waals surface area contributed by atoms with E-state index in [0.29, 0.717) is 5.92 Å². The van der Waals surface area contributed by atoms with E-state index >= 15 is 0 Å². The first kappa shape index (κ1) is 3.13. The summed E-state index contributed by atoms with van der Waals surface area (Å²) >= 11 is 0. The summed E-state index contributed by atoms with van der Waals surface area (Å²) < 4.78 is 11.1. The predicted octanol–water partition coefficient (Wildman–Crippen LogP) is 1.18. The lowest BCUT2D eigenvalue weighted by atomic mass is 10.5. The van der Waals surface area contributed by atoms with E-state index in [0.717, 1.165) is 6.42 Å². The standard InChI is InChI=1S/C4H6F/c5-3-4-1-2-4/h1,4H,2-3H2. The molecule has 0 aliphatic heterocycles. The second kappa shape index (κ2) is 0.959. The van der Waals surface area contributed by atoms with Crippen LogP contribution in [0.4, 0.5) is 4.39 Å². The second-order valence-corrected chi connectivity index (χ2v) is 1.39. The predicted molar refractivity (Wildman–Crippen MR) is 18.4 cm³/mol. The minimum absolute atomic E-state index is 0.139. The van der Waals surface area contributed by atoms with Gasteiger partial charge in [0, 0.05) is 0 Å². The van der Waals surface area contributed by atoms with E-state index in [9.17, 15) is 4.39 Å². The summed E-state index contributed by atoms with van der Waals surface area (Å²) in [7, 11) is 0. The molecule has 1 radical (unpaired) electrons. The number of hydrogen-bond donors (Lipinski definition) is 0. The molecule has 0 saturated heterocycles. The molecule has 0 aromatic carbocycles. The van der Waals surface area contributed by atoms with Crippen LogP contribution in [0.1, 0.15) is 6.42 Å². The fourth-order valence-electron chi connectivity index (χ4n) is 0.222. The van der Waals surface area contributed by atoms with Crippen LogP contribution in [-0.4, -0.2) is 6.67 Å². The van der Waals surface area contributed by atoms with Gasteiger partial charge in [-0.25, -0.2) is 0 Å². The van der Waals surface area contributed by atoms with Crippen molar-refractivity contribution in [3.8, 4) is 0 Å². The number of alkyl halides is 1. The summed E-state index contributed by atoms with van der Waals surface area (Å²) in [6.45, 7) is -0.139. The fraction of sp³-hybridized carbons (Fsp3) is 0.750. The lowest BCUT2D eigenvalue weighted by molar-refractivity contribution is 0.465. The summed E-state index contributed by atoms with van der Waals surface area (Å²) in [5.41, 5.74) is 0. The topological polar surface area (TPSA) is 0 Å². The average Bonchev–Trinajstić information content (AvgIpc) is 2.12. The van der Waals surface area contributed by atoms with Crippen LogP contribution in [0.25, 0.3) is 0 Å². The maximum Gasteiger partial charge on any atom is 0.0925 e. The van der Waals surface area contributed by atoms with Crippen LogP contribution in [-0.2, 0) is 0 Å². The third-order valence-corrected chi connectivity index (χ3v) is 0.767. The zero-order valence-electron chi connectivity index (χ0n) is 2.95. The van der Waals surface area contributed by atoms with Gasteiger partial charge in [0.2, 0.25) is 0 Å². The van der Waals surface area contributed by atoms with Crippen LogP contribution in [0.5, 0.6) is 0 Å². The van der Waals surface area contributed by atoms with Crippen LogP contribution in [0.3, 0.4) is 0 Å². The van der Waals surface area contributed by atoms with E-state index in [-0.39, 0.29) is 6.67 Å². The first-order chi connectivity index (χ1) is 2.43. The normalized spacial score (nSPS) is 23.4. The maximum atomic E-state index is 11.1. The molecule has 1 aliphatic carbocycles. The molecule has 1 rings (SSSR count). The summed E-state index contributed by atoms with van der Waals surface area (Å²) in [5, 5.41) is 0. The van der Waals surface area contributed by atoms with Gasteiger partial charge in [0.1, 0.15) is 0 Å². The molecule has 0 aromatic rings. The van der Waals surface area contributed by atoms with E-state index in [4.69, 9.17) is 0 Å². The largest absolute Gasteiger partial charge is 0.251 e. The zero-order valence-corrected chi connectivity index (χ0v) is 2.95. The Morgan fingerprint density at radius 2 is 2.60 bits per heavy atom. The van der Waals surface area contributed by atoms with Crippen molar-refractivity contribution in [1.82, 2.24) is 0 Å². The molecule has 0 N–H and O–H groups in total.